The third kappa shape index (κ3) is 6.51. The van der Waals surface area contributed by atoms with Crippen LogP contribution in [0, 0.1) is 0 Å². The van der Waals surface area contributed by atoms with Gasteiger partial charge >= 0.3 is 0 Å². The minimum absolute atomic E-state index is 0.698. The molecule has 0 aromatic carbocycles. The van der Waals surface area contributed by atoms with Crippen molar-refractivity contribution in [1.29, 1.82) is 0 Å². The molecule has 0 amide bonds. The van der Waals surface area contributed by atoms with Crippen LogP contribution in [0.4, 0.5) is 0 Å². The van der Waals surface area contributed by atoms with E-state index < -0.39 is 0 Å². The molecule has 0 saturated carbocycles. The van der Waals surface area contributed by atoms with Crippen molar-refractivity contribution in [3.8, 4) is 0 Å². The van der Waals surface area contributed by atoms with E-state index in [4.69, 9.17) is 0 Å². The predicted molar refractivity (Wildman–Crippen MR) is 60.8 cm³/mol. The van der Waals surface area contributed by atoms with Crippen LogP contribution < -0.4 is 0 Å². The second kappa shape index (κ2) is 10.1. The lowest BCUT2D eigenvalue weighted by molar-refractivity contribution is 1.35. The Balaban J connectivity index is 0. The molecule has 11 heavy (non-hydrogen) atoms. The van der Waals surface area contributed by atoms with E-state index in [1.165, 1.54) is 0 Å². The molecule has 3 heteroatoms. The Morgan fingerprint density at radius 1 is 1.55 bits per heavy atom. The minimum atomic E-state index is 0.698. The Hall–Kier alpha value is 0.110. The number of rotatable bonds is 3. The van der Waals surface area contributed by atoms with E-state index in [1.807, 2.05) is 13.8 Å². The van der Waals surface area contributed by atoms with Gasteiger partial charge in [0.1, 0.15) is 0 Å². The van der Waals surface area contributed by atoms with E-state index in [2.05, 4.69) is 50.1 Å². The van der Waals surface area contributed by atoms with Crippen molar-refractivity contribution < 1.29 is 0 Å². The van der Waals surface area contributed by atoms with Crippen molar-refractivity contribution in [2.75, 3.05) is 5.33 Å². The number of allylic oxidation sites excluding steroid dienone is 3. The predicted octanol–water partition coefficient (Wildman–Crippen LogP) is 3.90. The van der Waals surface area contributed by atoms with Crippen molar-refractivity contribution >= 4 is 38.6 Å². The fraction of sp³-hybridized carbons (Fsp3) is 0.375. The standard InChI is InChI=1S/C6H7Br2N.C2H6/c1-3-5(8)6(4-7)9-2;1-2/h3H,1-2,4H2;1-2H3/b6-5+;. The highest BCUT2D eigenvalue weighted by molar-refractivity contribution is 9.12. The molecule has 0 saturated heterocycles. The largest absolute Gasteiger partial charge is 0.267 e. The molecule has 0 N–H and O–H groups in total. The van der Waals surface area contributed by atoms with Crippen LogP contribution in [0.25, 0.3) is 0 Å². The molecule has 0 heterocycles. The average molecular weight is 283 g/mol. The molecule has 0 aromatic rings. The highest BCUT2D eigenvalue weighted by atomic mass is 79.9. The Morgan fingerprint density at radius 2 is 2.00 bits per heavy atom. The summed E-state index contributed by atoms with van der Waals surface area (Å²) in [5, 5.41) is 0.698. The summed E-state index contributed by atoms with van der Waals surface area (Å²) in [4.78, 5) is 3.74. The van der Waals surface area contributed by atoms with E-state index in [-0.39, 0.29) is 0 Å². The van der Waals surface area contributed by atoms with Crippen molar-refractivity contribution in [2.24, 2.45) is 4.99 Å². The summed E-state index contributed by atoms with van der Waals surface area (Å²) >= 11 is 6.51. The van der Waals surface area contributed by atoms with Crippen molar-refractivity contribution in [3.05, 3.63) is 22.8 Å². The molecule has 0 aliphatic rings. The highest BCUT2D eigenvalue weighted by Crippen LogP contribution is 2.15. The molecule has 0 aromatic heterocycles. The first-order valence-electron chi connectivity index (χ1n) is 3.30. The molecule has 0 spiro atoms. The maximum absolute atomic E-state index is 3.74. The number of alkyl halides is 1. The lowest BCUT2D eigenvalue weighted by Crippen LogP contribution is -1.79. The van der Waals surface area contributed by atoms with Gasteiger partial charge in [0.25, 0.3) is 0 Å². The van der Waals surface area contributed by atoms with Crippen LogP contribution in [0.5, 0.6) is 0 Å². The van der Waals surface area contributed by atoms with Gasteiger partial charge in [0, 0.05) is 9.81 Å². The maximum atomic E-state index is 3.74. The molecule has 0 radical (unpaired) electrons. The first-order valence-corrected chi connectivity index (χ1v) is 5.21. The molecule has 0 atom stereocenters. The Bertz CT molecular complexity index is 150. The summed E-state index contributed by atoms with van der Waals surface area (Å²) in [6, 6.07) is 0. The number of hydrogen-bond acceptors (Lipinski definition) is 1. The summed E-state index contributed by atoms with van der Waals surface area (Å²) in [7, 11) is 0. The van der Waals surface area contributed by atoms with Crippen LogP contribution in [-0.2, 0) is 0 Å². The van der Waals surface area contributed by atoms with Gasteiger partial charge < -0.3 is 0 Å². The monoisotopic (exact) mass is 281 g/mol. The van der Waals surface area contributed by atoms with Gasteiger partial charge in [0.05, 0.1) is 5.70 Å². The van der Waals surface area contributed by atoms with Gasteiger partial charge in [0.2, 0.25) is 0 Å². The molecule has 0 bridgehead atoms. The van der Waals surface area contributed by atoms with E-state index in [0.717, 1.165) is 10.2 Å². The van der Waals surface area contributed by atoms with E-state index >= 15 is 0 Å². The summed E-state index contributed by atoms with van der Waals surface area (Å²) in [5.41, 5.74) is 0.866. The third-order valence-electron chi connectivity index (χ3n) is 0.772. The van der Waals surface area contributed by atoms with E-state index in [0.29, 0.717) is 5.33 Å². The van der Waals surface area contributed by atoms with E-state index in [1.54, 1.807) is 6.08 Å². The zero-order valence-electron chi connectivity index (χ0n) is 6.90. The van der Waals surface area contributed by atoms with Crippen LogP contribution in [0.15, 0.2) is 27.8 Å². The van der Waals surface area contributed by atoms with Gasteiger partial charge in [-0.2, -0.15) is 0 Å². The van der Waals surface area contributed by atoms with Crippen LogP contribution in [0.1, 0.15) is 13.8 Å². The van der Waals surface area contributed by atoms with Gasteiger partial charge in [-0.3, -0.25) is 4.99 Å². The number of hydrogen-bond donors (Lipinski definition) is 0. The molecule has 64 valence electrons. The first kappa shape index (κ1) is 13.7. The van der Waals surface area contributed by atoms with Crippen molar-refractivity contribution in [3.63, 3.8) is 0 Å². The van der Waals surface area contributed by atoms with Crippen LogP contribution in [0.2, 0.25) is 0 Å². The maximum Gasteiger partial charge on any atom is 0.0643 e. The van der Waals surface area contributed by atoms with Gasteiger partial charge in [-0.15, -0.1) is 0 Å². The number of aliphatic imine (C=N–C) groups is 1. The lowest BCUT2D eigenvalue weighted by Gasteiger charge is -1.94. The van der Waals surface area contributed by atoms with E-state index in [9.17, 15) is 0 Å². The summed E-state index contributed by atoms with van der Waals surface area (Å²) < 4.78 is 0.884. The Kier molecular flexibility index (Phi) is 12.6. The molecular formula is C8H13Br2N. The van der Waals surface area contributed by atoms with Gasteiger partial charge in [-0.1, -0.05) is 42.4 Å². The highest BCUT2D eigenvalue weighted by Gasteiger charge is 1.93. The third-order valence-corrected chi connectivity index (χ3v) is 2.08. The number of halogens is 2. The fourth-order valence-corrected chi connectivity index (χ4v) is 1.42. The van der Waals surface area contributed by atoms with Gasteiger partial charge in [-0.05, 0) is 22.6 Å². The minimum Gasteiger partial charge on any atom is -0.267 e. The SMILES string of the molecule is C=C/C(Br)=C(/CBr)N=C.CC. The zero-order valence-corrected chi connectivity index (χ0v) is 10.1. The van der Waals surface area contributed by atoms with Crippen LogP contribution in [0.3, 0.4) is 0 Å². The summed E-state index contributed by atoms with van der Waals surface area (Å²) in [6.45, 7) is 10.9. The van der Waals surface area contributed by atoms with Crippen LogP contribution in [-0.4, -0.2) is 12.0 Å². The zero-order chi connectivity index (χ0) is 9.28. The Labute approximate surface area is 85.6 Å². The Morgan fingerprint density at radius 3 is 2.09 bits per heavy atom. The van der Waals surface area contributed by atoms with Crippen molar-refractivity contribution in [2.45, 2.75) is 13.8 Å². The molecule has 0 rings (SSSR count). The smallest absolute Gasteiger partial charge is 0.0643 e. The summed E-state index contributed by atoms with van der Waals surface area (Å²) in [6.07, 6.45) is 1.69. The molecule has 1 nitrogen and oxygen atoms in total. The van der Waals surface area contributed by atoms with Gasteiger partial charge in [0.15, 0.2) is 0 Å². The normalized spacial score (nSPS) is 10.5. The van der Waals surface area contributed by atoms with Crippen molar-refractivity contribution in [1.82, 2.24) is 0 Å². The molecular weight excluding hydrogens is 270 g/mol. The fourth-order valence-electron chi connectivity index (χ4n) is 0.299. The number of nitrogens with zero attached hydrogens (tertiary/aromatic N) is 1. The van der Waals surface area contributed by atoms with Gasteiger partial charge in [-0.25, -0.2) is 0 Å². The topological polar surface area (TPSA) is 12.4 Å². The second-order valence-corrected chi connectivity index (χ2v) is 2.71. The quantitative estimate of drug-likeness (QED) is 0.423. The lowest BCUT2D eigenvalue weighted by atomic mass is 10.4. The molecule has 0 fully saturated rings. The summed E-state index contributed by atoms with van der Waals surface area (Å²) in [5.74, 6) is 0. The molecule has 0 aliphatic heterocycles. The van der Waals surface area contributed by atoms with Crippen LogP contribution >= 0.6 is 31.9 Å². The average Bonchev–Trinajstić information content (AvgIpc) is 2.10. The molecule has 0 aliphatic carbocycles. The molecule has 0 unspecified atom stereocenters. The second-order valence-electron chi connectivity index (χ2n) is 1.29. The first-order chi connectivity index (χ1) is 5.26.